The highest BCUT2D eigenvalue weighted by atomic mass is 16.2. The van der Waals surface area contributed by atoms with Gasteiger partial charge in [-0.25, -0.2) is 5.43 Å². The molecule has 0 atom stereocenters. The van der Waals surface area contributed by atoms with E-state index in [2.05, 4.69) is 15.8 Å². The lowest BCUT2D eigenvalue weighted by Gasteiger charge is -2.06. The van der Waals surface area contributed by atoms with Crippen LogP contribution in [0.15, 0.2) is 53.6 Å². The van der Waals surface area contributed by atoms with E-state index in [0.717, 1.165) is 16.7 Å². The first-order valence-corrected chi connectivity index (χ1v) is 6.83. The highest BCUT2D eigenvalue weighted by Gasteiger charge is 2.12. The summed E-state index contributed by atoms with van der Waals surface area (Å²) >= 11 is 0. The maximum absolute atomic E-state index is 11.8. The average molecular weight is 295 g/mol. The number of rotatable bonds is 3. The van der Waals surface area contributed by atoms with Crippen molar-refractivity contribution in [2.24, 2.45) is 5.10 Å². The van der Waals surface area contributed by atoms with E-state index in [-0.39, 0.29) is 0 Å². The number of carbonyl (C=O) groups is 2. The van der Waals surface area contributed by atoms with Crippen molar-refractivity contribution in [2.75, 3.05) is 5.32 Å². The molecule has 5 nitrogen and oxygen atoms in total. The van der Waals surface area contributed by atoms with Crippen LogP contribution in [0, 0.1) is 13.8 Å². The Morgan fingerprint density at radius 1 is 0.955 bits per heavy atom. The molecule has 0 bridgehead atoms. The Balaban J connectivity index is 1.90. The predicted molar refractivity (Wildman–Crippen MR) is 86.7 cm³/mol. The van der Waals surface area contributed by atoms with E-state index >= 15 is 0 Å². The number of hydrogen-bond donors (Lipinski definition) is 2. The van der Waals surface area contributed by atoms with Gasteiger partial charge in [-0.1, -0.05) is 36.4 Å². The van der Waals surface area contributed by atoms with Crippen LogP contribution in [-0.4, -0.2) is 18.0 Å². The summed E-state index contributed by atoms with van der Waals surface area (Å²) < 4.78 is 0. The van der Waals surface area contributed by atoms with Gasteiger partial charge in [0.1, 0.15) is 0 Å². The van der Waals surface area contributed by atoms with Crippen molar-refractivity contribution in [2.45, 2.75) is 13.8 Å². The van der Waals surface area contributed by atoms with E-state index in [1.165, 1.54) is 6.21 Å². The van der Waals surface area contributed by atoms with Crippen LogP contribution in [0.2, 0.25) is 0 Å². The molecule has 0 aliphatic heterocycles. The minimum Gasteiger partial charge on any atom is -0.318 e. The van der Waals surface area contributed by atoms with E-state index in [1.54, 1.807) is 6.07 Å². The van der Waals surface area contributed by atoms with Gasteiger partial charge in [-0.15, -0.1) is 0 Å². The zero-order valence-electron chi connectivity index (χ0n) is 12.5. The van der Waals surface area contributed by atoms with Crippen LogP contribution in [0.5, 0.6) is 0 Å². The van der Waals surface area contributed by atoms with Gasteiger partial charge in [-0.2, -0.15) is 5.10 Å². The summed E-state index contributed by atoms with van der Waals surface area (Å²) in [6.45, 7) is 3.92. The fraction of sp³-hybridized carbons (Fsp3) is 0.118. The van der Waals surface area contributed by atoms with Crippen LogP contribution >= 0.6 is 0 Å². The van der Waals surface area contributed by atoms with Gasteiger partial charge in [0.2, 0.25) is 0 Å². The zero-order chi connectivity index (χ0) is 15.9. The molecule has 0 radical (unpaired) electrons. The fourth-order valence-corrected chi connectivity index (χ4v) is 1.76. The Bertz CT molecular complexity index is 709. The molecule has 2 aromatic rings. The molecule has 2 amide bonds. The maximum Gasteiger partial charge on any atom is 0.329 e. The highest BCUT2D eigenvalue weighted by Crippen LogP contribution is 2.13. The maximum atomic E-state index is 11.8. The van der Waals surface area contributed by atoms with Gasteiger partial charge in [0.15, 0.2) is 0 Å². The number of aryl methyl sites for hydroxylation is 2. The second kappa shape index (κ2) is 7.17. The number of nitrogens with zero attached hydrogens (tertiary/aromatic N) is 1. The third-order valence-corrected chi connectivity index (χ3v) is 3.15. The Labute approximate surface area is 129 Å². The zero-order valence-corrected chi connectivity index (χ0v) is 12.5. The number of anilines is 1. The average Bonchev–Trinajstić information content (AvgIpc) is 2.52. The van der Waals surface area contributed by atoms with Crippen molar-refractivity contribution in [3.8, 4) is 0 Å². The molecule has 112 valence electrons. The van der Waals surface area contributed by atoms with Crippen LogP contribution in [-0.2, 0) is 9.59 Å². The number of carbonyl (C=O) groups excluding carboxylic acids is 2. The lowest BCUT2D eigenvalue weighted by atomic mass is 10.1. The SMILES string of the molecule is Cc1ccc(NC(=O)C(=O)NN=Cc2ccccc2)cc1C. The van der Waals surface area contributed by atoms with Crippen molar-refractivity contribution in [1.29, 1.82) is 0 Å². The smallest absolute Gasteiger partial charge is 0.318 e. The Hall–Kier alpha value is -2.95. The normalized spacial score (nSPS) is 10.5. The monoisotopic (exact) mass is 295 g/mol. The van der Waals surface area contributed by atoms with Crippen LogP contribution in [0.3, 0.4) is 0 Å². The third-order valence-electron chi connectivity index (χ3n) is 3.15. The van der Waals surface area contributed by atoms with E-state index < -0.39 is 11.8 Å². The molecule has 0 saturated carbocycles. The first-order valence-electron chi connectivity index (χ1n) is 6.83. The molecule has 0 spiro atoms. The molecule has 0 fully saturated rings. The fourth-order valence-electron chi connectivity index (χ4n) is 1.76. The predicted octanol–water partition coefficient (Wildman–Crippen LogP) is 2.39. The summed E-state index contributed by atoms with van der Waals surface area (Å²) in [7, 11) is 0. The topological polar surface area (TPSA) is 70.6 Å². The lowest BCUT2D eigenvalue weighted by Crippen LogP contribution is -2.32. The third kappa shape index (κ3) is 4.28. The number of amides is 2. The highest BCUT2D eigenvalue weighted by molar-refractivity contribution is 6.39. The van der Waals surface area contributed by atoms with Crippen molar-refractivity contribution >= 4 is 23.7 Å². The molecule has 0 aliphatic rings. The van der Waals surface area contributed by atoms with Crippen molar-refractivity contribution in [1.82, 2.24) is 5.43 Å². The van der Waals surface area contributed by atoms with Crippen LogP contribution in [0.25, 0.3) is 0 Å². The second-order valence-electron chi connectivity index (χ2n) is 4.86. The van der Waals surface area contributed by atoms with E-state index in [4.69, 9.17) is 0 Å². The van der Waals surface area contributed by atoms with Gasteiger partial charge in [0.05, 0.1) is 6.21 Å². The summed E-state index contributed by atoms with van der Waals surface area (Å²) in [5.74, 6) is -1.57. The summed E-state index contributed by atoms with van der Waals surface area (Å²) in [6.07, 6.45) is 1.47. The second-order valence-corrected chi connectivity index (χ2v) is 4.86. The van der Waals surface area contributed by atoms with Crippen LogP contribution < -0.4 is 10.7 Å². The van der Waals surface area contributed by atoms with Crippen LogP contribution in [0.4, 0.5) is 5.69 Å². The standard InChI is InChI=1S/C17H17N3O2/c1-12-8-9-15(10-13(12)2)19-16(21)17(22)20-18-11-14-6-4-3-5-7-14/h3-11H,1-2H3,(H,19,21)(H,20,22). The molecule has 2 rings (SSSR count). The molecule has 2 aromatic carbocycles. The Morgan fingerprint density at radius 3 is 2.36 bits per heavy atom. The summed E-state index contributed by atoms with van der Waals surface area (Å²) in [5, 5.41) is 6.28. The molecule has 0 unspecified atom stereocenters. The Kier molecular flexibility index (Phi) is 5.03. The molecular weight excluding hydrogens is 278 g/mol. The van der Waals surface area contributed by atoms with E-state index in [9.17, 15) is 9.59 Å². The molecule has 2 N–H and O–H groups in total. The van der Waals surface area contributed by atoms with Crippen molar-refractivity contribution in [3.05, 3.63) is 65.2 Å². The molecule has 0 aromatic heterocycles. The quantitative estimate of drug-likeness (QED) is 0.518. The minimum atomic E-state index is -0.814. The lowest BCUT2D eigenvalue weighted by molar-refractivity contribution is -0.136. The first kappa shape index (κ1) is 15.4. The van der Waals surface area contributed by atoms with Crippen molar-refractivity contribution in [3.63, 3.8) is 0 Å². The van der Waals surface area contributed by atoms with Crippen LogP contribution in [0.1, 0.15) is 16.7 Å². The molecule has 22 heavy (non-hydrogen) atoms. The summed E-state index contributed by atoms with van der Waals surface area (Å²) in [5.41, 5.74) is 5.77. The first-order chi connectivity index (χ1) is 10.6. The number of nitrogens with one attached hydrogen (secondary N) is 2. The molecule has 0 aliphatic carbocycles. The van der Waals surface area contributed by atoms with Gasteiger partial charge in [-0.05, 0) is 42.7 Å². The van der Waals surface area contributed by atoms with E-state index in [1.807, 2.05) is 56.3 Å². The summed E-state index contributed by atoms with van der Waals surface area (Å²) in [6, 6.07) is 14.7. The molecule has 0 heterocycles. The molecule has 0 saturated heterocycles. The Morgan fingerprint density at radius 2 is 1.68 bits per heavy atom. The number of benzene rings is 2. The van der Waals surface area contributed by atoms with Gasteiger partial charge in [0, 0.05) is 5.69 Å². The number of hydrogen-bond acceptors (Lipinski definition) is 3. The molecular formula is C17H17N3O2. The molecule has 5 heteroatoms. The minimum absolute atomic E-state index is 0.579. The van der Waals surface area contributed by atoms with Gasteiger partial charge < -0.3 is 5.32 Å². The van der Waals surface area contributed by atoms with E-state index in [0.29, 0.717) is 5.69 Å². The largest absolute Gasteiger partial charge is 0.329 e. The van der Waals surface area contributed by atoms with Crippen molar-refractivity contribution < 1.29 is 9.59 Å². The summed E-state index contributed by atoms with van der Waals surface area (Å²) in [4.78, 5) is 23.4. The van der Waals surface area contributed by atoms with Gasteiger partial charge in [-0.3, -0.25) is 9.59 Å². The van der Waals surface area contributed by atoms with Gasteiger partial charge in [0.25, 0.3) is 0 Å². The number of hydrazone groups is 1. The van der Waals surface area contributed by atoms with Gasteiger partial charge >= 0.3 is 11.8 Å².